The summed E-state index contributed by atoms with van der Waals surface area (Å²) >= 11 is 0. The van der Waals surface area contributed by atoms with Crippen LogP contribution in [-0.4, -0.2) is 12.6 Å². The van der Waals surface area contributed by atoms with Crippen molar-refractivity contribution in [3.8, 4) is 5.75 Å². The van der Waals surface area contributed by atoms with Gasteiger partial charge in [0.1, 0.15) is 11.6 Å². The van der Waals surface area contributed by atoms with Crippen molar-refractivity contribution in [1.29, 1.82) is 0 Å². The number of anilines is 1. The third kappa shape index (κ3) is 5.37. The molecule has 8 heteroatoms. The number of urea groups is 1. The van der Waals surface area contributed by atoms with Crippen molar-refractivity contribution in [2.75, 3.05) is 11.9 Å². The van der Waals surface area contributed by atoms with Crippen molar-refractivity contribution < 1.29 is 27.1 Å². The molecule has 2 N–H and O–H groups in total. The van der Waals surface area contributed by atoms with E-state index in [1.165, 1.54) is 0 Å². The summed E-state index contributed by atoms with van der Waals surface area (Å²) in [6.45, 7) is 1.88. The number of carbonyl (C=O) groups excluding carboxylic acids is 1. The van der Waals surface area contributed by atoms with E-state index in [9.17, 15) is 22.4 Å². The lowest BCUT2D eigenvalue weighted by atomic mass is 10.1. The monoisotopic (exact) mass is 356 g/mol. The molecule has 0 aliphatic heterocycles. The minimum Gasteiger partial charge on any atom is -0.494 e. The fraction of sp³-hybridized carbons (Fsp3) is 0.235. The molecule has 0 fully saturated rings. The Balaban J connectivity index is 2.02. The molecule has 0 saturated heterocycles. The van der Waals surface area contributed by atoms with E-state index in [1.807, 2.05) is 6.92 Å². The second-order valence-corrected chi connectivity index (χ2v) is 5.07. The molecule has 134 valence electrons. The van der Waals surface area contributed by atoms with Gasteiger partial charge in [-0.25, -0.2) is 9.18 Å². The van der Waals surface area contributed by atoms with Gasteiger partial charge >= 0.3 is 12.2 Å². The number of carbonyl (C=O) groups is 1. The number of hydrogen-bond acceptors (Lipinski definition) is 2. The highest BCUT2D eigenvalue weighted by Gasteiger charge is 2.33. The van der Waals surface area contributed by atoms with Crippen LogP contribution >= 0.6 is 0 Å². The predicted molar refractivity (Wildman–Crippen MR) is 84.9 cm³/mol. The Morgan fingerprint density at radius 1 is 1.16 bits per heavy atom. The number of alkyl halides is 3. The summed E-state index contributed by atoms with van der Waals surface area (Å²) in [5.41, 5.74) is -0.920. The second kappa shape index (κ2) is 7.87. The van der Waals surface area contributed by atoms with Crippen LogP contribution in [0.2, 0.25) is 0 Å². The van der Waals surface area contributed by atoms with E-state index in [0.717, 1.165) is 12.1 Å². The number of amides is 2. The van der Waals surface area contributed by atoms with Crippen LogP contribution in [0.1, 0.15) is 18.1 Å². The van der Waals surface area contributed by atoms with Crippen LogP contribution in [-0.2, 0) is 12.7 Å². The van der Waals surface area contributed by atoms with Gasteiger partial charge in [0, 0.05) is 18.3 Å². The zero-order valence-corrected chi connectivity index (χ0v) is 13.3. The van der Waals surface area contributed by atoms with Gasteiger partial charge < -0.3 is 15.4 Å². The van der Waals surface area contributed by atoms with E-state index in [2.05, 4.69) is 10.6 Å². The molecule has 2 rings (SSSR count). The minimum atomic E-state index is -4.71. The fourth-order valence-corrected chi connectivity index (χ4v) is 2.15. The molecule has 0 unspecified atom stereocenters. The van der Waals surface area contributed by atoms with Crippen molar-refractivity contribution in [3.63, 3.8) is 0 Å². The number of hydrogen-bond donors (Lipinski definition) is 2. The predicted octanol–water partition coefficient (Wildman–Crippen LogP) is 4.56. The summed E-state index contributed by atoms with van der Waals surface area (Å²) in [6, 6.07) is 8.20. The van der Waals surface area contributed by atoms with Gasteiger partial charge in [0.25, 0.3) is 0 Å². The van der Waals surface area contributed by atoms with Gasteiger partial charge in [-0.15, -0.1) is 0 Å². The Bertz CT molecular complexity index is 748. The van der Waals surface area contributed by atoms with E-state index in [0.29, 0.717) is 24.1 Å². The smallest absolute Gasteiger partial charge is 0.416 e. The summed E-state index contributed by atoms with van der Waals surface area (Å²) in [5.74, 6) is -0.438. The maximum atomic E-state index is 13.1. The first-order chi connectivity index (χ1) is 11.8. The molecular formula is C17H16F4N2O2. The van der Waals surface area contributed by atoms with Gasteiger partial charge in [-0.2, -0.15) is 13.2 Å². The highest BCUT2D eigenvalue weighted by atomic mass is 19.4. The van der Waals surface area contributed by atoms with Crippen molar-refractivity contribution >= 4 is 11.7 Å². The third-order valence-electron chi connectivity index (χ3n) is 3.22. The Labute approximate surface area is 141 Å². The highest BCUT2D eigenvalue weighted by Crippen LogP contribution is 2.32. The average Bonchev–Trinajstić information content (AvgIpc) is 2.53. The molecule has 2 amide bonds. The Kier molecular flexibility index (Phi) is 5.84. The first-order valence-corrected chi connectivity index (χ1v) is 7.43. The molecule has 0 aliphatic rings. The molecule has 0 radical (unpaired) electrons. The first-order valence-electron chi connectivity index (χ1n) is 7.43. The summed E-state index contributed by atoms with van der Waals surface area (Å²) < 4.78 is 57.1. The number of ether oxygens (including phenoxy) is 1. The number of rotatable bonds is 5. The quantitative estimate of drug-likeness (QED) is 0.772. The van der Waals surface area contributed by atoms with Gasteiger partial charge in [0.05, 0.1) is 12.2 Å². The standard InChI is InChI=1S/C17H16F4N2O2/c1-2-25-14-5-3-4-13(9-14)23-16(24)22-10-11-6-7-12(18)8-15(11)17(19,20)21/h3-9H,2,10H2,1H3,(H2,22,23,24). The lowest BCUT2D eigenvalue weighted by Gasteiger charge is -2.14. The van der Waals surface area contributed by atoms with Crippen molar-refractivity contribution in [2.45, 2.75) is 19.6 Å². The molecule has 4 nitrogen and oxygen atoms in total. The van der Waals surface area contributed by atoms with Crippen LogP contribution in [0.15, 0.2) is 42.5 Å². The van der Waals surface area contributed by atoms with Crippen LogP contribution in [0.4, 0.5) is 28.0 Å². The van der Waals surface area contributed by atoms with E-state index >= 15 is 0 Å². The molecule has 2 aromatic rings. The number of halogens is 4. The van der Waals surface area contributed by atoms with Gasteiger partial charge in [-0.05, 0) is 36.8 Å². The van der Waals surface area contributed by atoms with Crippen molar-refractivity contribution in [3.05, 3.63) is 59.4 Å². The largest absolute Gasteiger partial charge is 0.494 e. The lowest BCUT2D eigenvalue weighted by Crippen LogP contribution is -2.29. The zero-order valence-electron chi connectivity index (χ0n) is 13.3. The Hall–Kier alpha value is -2.77. The average molecular weight is 356 g/mol. The Morgan fingerprint density at radius 3 is 2.60 bits per heavy atom. The van der Waals surface area contributed by atoms with Crippen molar-refractivity contribution in [1.82, 2.24) is 5.32 Å². The topological polar surface area (TPSA) is 50.4 Å². The highest BCUT2D eigenvalue weighted by molar-refractivity contribution is 5.89. The third-order valence-corrected chi connectivity index (χ3v) is 3.22. The van der Waals surface area contributed by atoms with Gasteiger partial charge in [-0.3, -0.25) is 0 Å². The molecule has 0 spiro atoms. The van der Waals surface area contributed by atoms with Gasteiger partial charge in [0.15, 0.2) is 0 Å². The van der Waals surface area contributed by atoms with Crippen molar-refractivity contribution in [2.24, 2.45) is 0 Å². The van der Waals surface area contributed by atoms with E-state index < -0.39 is 30.1 Å². The zero-order chi connectivity index (χ0) is 18.4. The fourth-order valence-electron chi connectivity index (χ4n) is 2.15. The molecule has 0 atom stereocenters. The Morgan fingerprint density at radius 2 is 1.92 bits per heavy atom. The number of nitrogens with one attached hydrogen (secondary N) is 2. The van der Waals surface area contributed by atoms with E-state index in [4.69, 9.17) is 4.74 Å². The number of benzene rings is 2. The molecule has 0 aromatic heterocycles. The second-order valence-electron chi connectivity index (χ2n) is 5.07. The van der Waals surface area contributed by atoms with Crippen LogP contribution < -0.4 is 15.4 Å². The van der Waals surface area contributed by atoms with Gasteiger partial charge in [0.2, 0.25) is 0 Å². The molecule has 25 heavy (non-hydrogen) atoms. The minimum absolute atomic E-state index is 0.230. The molecule has 2 aromatic carbocycles. The van der Waals surface area contributed by atoms with Crippen LogP contribution in [0.25, 0.3) is 0 Å². The van der Waals surface area contributed by atoms with Crippen LogP contribution in [0.5, 0.6) is 5.75 Å². The molecule has 0 heterocycles. The molecule has 0 aliphatic carbocycles. The summed E-state index contributed by atoms with van der Waals surface area (Å²) in [4.78, 5) is 11.9. The van der Waals surface area contributed by atoms with Crippen LogP contribution in [0.3, 0.4) is 0 Å². The summed E-state index contributed by atoms with van der Waals surface area (Å²) in [7, 11) is 0. The summed E-state index contributed by atoms with van der Waals surface area (Å²) in [6.07, 6.45) is -4.71. The lowest BCUT2D eigenvalue weighted by molar-refractivity contribution is -0.138. The SMILES string of the molecule is CCOc1cccc(NC(=O)NCc2ccc(F)cc2C(F)(F)F)c1. The maximum absolute atomic E-state index is 13.1. The normalized spacial score (nSPS) is 11.1. The van der Waals surface area contributed by atoms with E-state index in [-0.39, 0.29) is 5.56 Å². The molecule has 0 saturated carbocycles. The molecular weight excluding hydrogens is 340 g/mol. The van der Waals surface area contributed by atoms with E-state index in [1.54, 1.807) is 24.3 Å². The molecule has 0 bridgehead atoms. The summed E-state index contributed by atoms with van der Waals surface area (Å²) in [5, 5.41) is 4.81. The van der Waals surface area contributed by atoms with Gasteiger partial charge in [-0.1, -0.05) is 12.1 Å². The first kappa shape index (κ1) is 18.6. The maximum Gasteiger partial charge on any atom is 0.416 e. The van der Waals surface area contributed by atoms with Crippen LogP contribution in [0, 0.1) is 5.82 Å².